The van der Waals surface area contributed by atoms with E-state index in [1.54, 1.807) is 12.1 Å². The number of benzene rings is 1. The fraction of sp³-hybridized carbons (Fsp3) is 0.625. The molecule has 118 valence electrons. The zero-order chi connectivity index (χ0) is 15.1. The molecule has 5 heteroatoms. The number of hydrogen-bond donors (Lipinski definition) is 2. The van der Waals surface area contributed by atoms with Crippen LogP contribution in [0.3, 0.4) is 0 Å². The molecule has 0 spiro atoms. The van der Waals surface area contributed by atoms with Crippen molar-refractivity contribution in [3.63, 3.8) is 0 Å². The van der Waals surface area contributed by atoms with Gasteiger partial charge in [0.05, 0.1) is 4.90 Å². The van der Waals surface area contributed by atoms with Gasteiger partial charge in [-0.1, -0.05) is 25.5 Å². The Morgan fingerprint density at radius 2 is 1.86 bits per heavy atom. The molecule has 2 rings (SSSR count). The van der Waals surface area contributed by atoms with Crippen molar-refractivity contribution in [3.05, 3.63) is 29.8 Å². The minimum Gasteiger partial charge on any atom is -0.316 e. The predicted octanol–water partition coefficient (Wildman–Crippen LogP) is 2.31. The minimum absolute atomic E-state index is 0.368. The summed E-state index contributed by atoms with van der Waals surface area (Å²) in [5.41, 5.74) is 1.16. The lowest BCUT2D eigenvalue weighted by Gasteiger charge is -2.25. The normalized spacial score (nSPS) is 15.9. The van der Waals surface area contributed by atoms with Crippen molar-refractivity contribution in [3.8, 4) is 0 Å². The number of rotatable bonds is 9. The summed E-state index contributed by atoms with van der Waals surface area (Å²) in [4.78, 5) is 0.368. The van der Waals surface area contributed by atoms with Gasteiger partial charge in [0, 0.05) is 6.54 Å². The molecule has 1 aliphatic carbocycles. The van der Waals surface area contributed by atoms with Gasteiger partial charge in [-0.2, -0.15) is 0 Å². The Morgan fingerprint density at radius 1 is 1.14 bits per heavy atom. The predicted molar refractivity (Wildman–Crippen MR) is 85.8 cm³/mol. The average molecular weight is 310 g/mol. The van der Waals surface area contributed by atoms with E-state index in [-0.39, 0.29) is 0 Å². The van der Waals surface area contributed by atoms with Crippen molar-refractivity contribution in [1.29, 1.82) is 0 Å². The van der Waals surface area contributed by atoms with Crippen LogP contribution in [-0.2, 0) is 16.4 Å². The van der Waals surface area contributed by atoms with Crippen LogP contribution < -0.4 is 10.0 Å². The molecule has 0 heterocycles. The monoisotopic (exact) mass is 310 g/mol. The lowest BCUT2D eigenvalue weighted by atomic mass is 9.86. The SMILES string of the molecule is CCCNCCc1ccc(S(=O)(=O)NCC2CCC2)cc1. The second-order valence-corrected chi connectivity index (χ2v) is 7.56. The standard InChI is InChI=1S/C16H26N2O2S/c1-2-11-17-12-10-14-6-8-16(9-7-14)21(19,20)18-13-15-4-3-5-15/h6-9,15,17-18H,2-5,10-13H2,1H3. The molecule has 1 aromatic rings. The first-order valence-corrected chi connectivity index (χ1v) is 9.39. The molecule has 0 aliphatic heterocycles. The molecule has 1 saturated carbocycles. The molecule has 0 atom stereocenters. The van der Waals surface area contributed by atoms with Crippen LogP contribution in [0.4, 0.5) is 0 Å². The topological polar surface area (TPSA) is 58.2 Å². The van der Waals surface area contributed by atoms with E-state index in [0.717, 1.165) is 44.3 Å². The maximum absolute atomic E-state index is 12.2. The highest BCUT2D eigenvalue weighted by Gasteiger charge is 2.21. The molecular weight excluding hydrogens is 284 g/mol. The first-order chi connectivity index (χ1) is 10.1. The average Bonchev–Trinajstić information content (AvgIpc) is 2.42. The third kappa shape index (κ3) is 5.09. The van der Waals surface area contributed by atoms with Crippen molar-refractivity contribution in [1.82, 2.24) is 10.0 Å². The Labute approximate surface area is 128 Å². The van der Waals surface area contributed by atoms with Crippen LogP contribution in [0.1, 0.15) is 38.2 Å². The summed E-state index contributed by atoms with van der Waals surface area (Å²) in [6.45, 7) is 4.67. The number of hydrogen-bond acceptors (Lipinski definition) is 3. The number of nitrogens with one attached hydrogen (secondary N) is 2. The fourth-order valence-corrected chi connectivity index (χ4v) is 3.49. The van der Waals surface area contributed by atoms with E-state index in [2.05, 4.69) is 17.0 Å². The van der Waals surface area contributed by atoms with Gasteiger partial charge in [0.1, 0.15) is 0 Å². The van der Waals surface area contributed by atoms with Gasteiger partial charge in [-0.25, -0.2) is 13.1 Å². The zero-order valence-corrected chi connectivity index (χ0v) is 13.6. The van der Waals surface area contributed by atoms with Gasteiger partial charge >= 0.3 is 0 Å². The second-order valence-electron chi connectivity index (χ2n) is 5.79. The summed E-state index contributed by atoms with van der Waals surface area (Å²) in [7, 11) is -3.34. The summed E-state index contributed by atoms with van der Waals surface area (Å²) in [6, 6.07) is 7.23. The van der Waals surface area contributed by atoms with Gasteiger partial charge in [0.2, 0.25) is 10.0 Å². The van der Waals surface area contributed by atoms with Gasteiger partial charge < -0.3 is 5.32 Å². The van der Waals surface area contributed by atoms with Gasteiger partial charge in [-0.15, -0.1) is 0 Å². The fourth-order valence-electron chi connectivity index (χ4n) is 2.38. The molecule has 21 heavy (non-hydrogen) atoms. The Hall–Kier alpha value is -0.910. The lowest BCUT2D eigenvalue weighted by Crippen LogP contribution is -2.32. The van der Waals surface area contributed by atoms with Gasteiger partial charge in [-0.3, -0.25) is 0 Å². The zero-order valence-electron chi connectivity index (χ0n) is 12.8. The first kappa shape index (κ1) is 16.5. The van der Waals surface area contributed by atoms with E-state index in [1.807, 2.05) is 12.1 Å². The van der Waals surface area contributed by atoms with Crippen molar-refractivity contribution < 1.29 is 8.42 Å². The molecule has 1 aliphatic rings. The van der Waals surface area contributed by atoms with E-state index < -0.39 is 10.0 Å². The third-order valence-electron chi connectivity index (χ3n) is 4.04. The third-order valence-corrected chi connectivity index (χ3v) is 5.48. The van der Waals surface area contributed by atoms with Crippen LogP contribution in [-0.4, -0.2) is 28.1 Å². The quantitative estimate of drug-likeness (QED) is 0.688. The Kier molecular flexibility index (Phi) is 6.21. The van der Waals surface area contributed by atoms with Crippen LogP contribution in [0.5, 0.6) is 0 Å². The van der Waals surface area contributed by atoms with Crippen LogP contribution in [0.25, 0.3) is 0 Å². The highest BCUT2D eigenvalue weighted by atomic mass is 32.2. The molecule has 0 saturated heterocycles. The minimum atomic E-state index is -3.34. The van der Waals surface area contributed by atoms with E-state index in [1.165, 1.54) is 6.42 Å². The summed E-state index contributed by atoms with van der Waals surface area (Å²) < 4.78 is 27.0. The Bertz CT molecular complexity index is 522. The largest absolute Gasteiger partial charge is 0.316 e. The van der Waals surface area contributed by atoms with Crippen LogP contribution in [0.2, 0.25) is 0 Å². The van der Waals surface area contributed by atoms with Gasteiger partial charge in [0.25, 0.3) is 0 Å². The summed E-state index contributed by atoms with van der Waals surface area (Å²) >= 11 is 0. The molecule has 0 amide bonds. The lowest BCUT2D eigenvalue weighted by molar-refractivity contribution is 0.316. The summed E-state index contributed by atoms with van der Waals surface area (Å²) in [5.74, 6) is 0.531. The maximum atomic E-state index is 12.2. The Morgan fingerprint density at radius 3 is 2.43 bits per heavy atom. The highest BCUT2D eigenvalue weighted by Crippen LogP contribution is 2.25. The molecule has 0 unspecified atom stereocenters. The van der Waals surface area contributed by atoms with Gasteiger partial charge in [-0.05, 0) is 62.4 Å². The van der Waals surface area contributed by atoms with E-state index >= 15 is 0 Å². The van der Waals surface area contributed by atoms with Crippen molar-refractivity contribution in [2.24, 2.45) is 5.92 Å². The first-order valence-electron chi connectivity index (χ1n) is 7.91. The van der Waals surface area contributed by atoms with E-state index in [4.69, 9.17) is 0 Å². The Balaban J connectivity index is 1.84. The van der Waals surface area contributed by atoms with Crippen molar-refractivity contribution in [2.45, 2.75) is 43.9 Å². The maximum Gasteiger partial charge on any atom is 0.240 e. The molecule has 0 aromatic heterocycles. The molecule has 2 N–H and O–H groups in total. The molecule has 1 fully saturated rings. The molecule has 0 radical (unpaired) electrons. The molecular formula is C16H26N2O2S. The molecule has 0 bridgehead atoms. The highest BCUT2D eigenvalue weighted by molar-refractivity contribution is 7.89. The summed E-state index contributed by atoms with van der Waals surface area (Å²) in [5, 5.41) is 3.34. The second kappa shape index (κ2) is 7.92. The molecule has 1 aromatic carbocycles. The van der Waals surface area contributed by atoms with Crippen LogP contribution in [0, 0.1) is 5.92 Å². The van der Waals surface area contributed by atoms with Crippen molar-refractivity contribution in [2.75, 3.05) is 19.6 Å². The van der Waals surface area contributed by atoms with Gasteiger partial charge in [0.15, 0.2) is 0 Å². The number of sulfonamides is 1. The smallest absolute Gasteiger partial charge is 0.240 e. The molecule has 4 nitrogen and oxygen atoms in total. The van der Waals surface area contributed by atoms with Crippen molar-refractivity contribution >= 4 is 10.0 Å². The van der Waals surface area contributed by atoms with E-state index in [0.29, 0.717) is 17.4 Å². The van der Waals surface area contributed by atoms with E-state index in [9.17, 15) is 8.42 Å². The van der Waals surface area contributed by atoms with Crippen LogP contribution in [0.15, 0.2) is 29.2 Å². The summed E-state index contributed by atoms with van der Waals surface area (Å²) in [6.07, 6.45) is 5.57. The van der Waals surface area contributed by atoms with Crippen LogP contribution >= 0.6 is 0 Å².